The number of aliphatic imine (C=N–C) groups is 1. The second-order valence-electron chi connectivity index (χ2n) is 7.38. The minimum atomic E-state index is -0.0891. The van der Waals surface area contributed by atoms with E-state index in [2.05, 4.69) is 21.8 Å². The van der Waals surface area contributed by atoms with Crippen molar-refractivity contribution in [2.24, 2.45) is 4.99 Å². The van der Waals surface area contributed by atoms with Gasteiger partial charge in [0.25, 0.3) is 0 Å². The topological polar surface area (TPSA) is 91.6 Å². The van der Waals surface area contributed by atoms with Crippen molar-refractivity contribution in [3.8, 4) is 5.69 Å². The fraction of sp³-hybridized carbons (Fsp3) is 0.455. The van der Waals surface area contributed by atoms with Crippen LogP contribution in [0.4, 0.5) is 0 Å². The van der Waals surface area contributed by atoms with Crippen molar-refractivity contribution in [2.45, 2.75) is 46.6 Å². The number of benzene rings is 1. The van der Waals surface area contributed by atoms with E-state index in [1.807, 2.05) is 49.7 Å². The zero-order valence-electron chi connectivity index (χ0n) is 17.9. The lowest BCUT2D eigenvalue weighted by atomic mass is 10.1. The number of likely N-dealkylation sites (tertiary alicyclic amines) is 1. The molecule has 0 atom stereocenters. The monoisotopic (exact) mass is 410 g/mol. The Labute approximate surface area is 177 Å². The molecule has 2 amide bonds. The van der Waals surface area contributed by atoms with Gasteiger partial charge in [-0.05, 0) is 44.9 Å². The van der Waals surface area contributed by atoms with Crippen LogP contribution in [-0.2, 0) is 16.1 Å². The highest BCUT2D eigenvalue weighted by atomic mass is 16.2. The zero-order valence-corrected chi connectivity index (χ0v) is 17.9. The van der Waals surface area contributed by atoms with Crippen LogP contribution in [0.15, 0.2) is 35.3 Å². The highest BCUT2D eigenvalue weighted by Gasteiger charge is 2.25. The number of rotatable bonds is 7. The first-order valence-corrected chi connectivity index (χ1v) is 10.5. The van der Waals surface area contributed by atoms with Gasteiger partial charge in [-0.2, -0.15) is 5.10 Å². The van der Waals surface area contributed by atoms with Crippen LogP contribution >= 0.6 is 0 Å². The van der Waals surface area contributed by atoms with E-state index >= 15 is 0 Å². The van der Waals surface area contributed by atoms with Crippen LogP contribution in [0.1, 0.15) is 43.1 Å². The number of aromatic nitrogens is 2. The van der Waals surface area contributed by atoms with Crippen molar-refractivity contribution in [2.75, 3.05) is 19.6 Å². The Hall–Kier alpha value is -3.16. The van der Waals surface area contributed by atoms with Crippen LogP contribution in [0.3, 0.4) is 0 Å². The normalized spacial score (nSPS) is 14.9. The average Bonchev–Trinajstić information content (AvgIpc) is 3.06. The maximum absolute atomic E-state index is 11.9. The summed E-state index contributed by atoms with van der Waals surface area (Å²) < 4.78 is 1.94. The van der Waals surface area contributed by atoms with Crippen LogP contribution in [0.5, 0.6) is 0 Å². The van der Waals surface area contributed by atoms with Crippen LogP contribution in [0.25, 0.3) is 5.69 Å². The number of nitrogens with one attached hydrogen (secondary N) is 2. The Morgan fingerprint density at radius 1 is 1.13 bits per heavy atom. The Kier molecular flexibility index (Phi) is 7.21. The van der Waals surface area contributed by atoms with E-state index in [0.717, 1.165) is 22.6 Å². The molecule has 2 heterocycles. The van der Waals surface area contributed by atoms with E-state index < -0.39 is 0 Å². The maximum Gasteiger partial charge on any atom is 0.229 e. The molecule has 2 N–H and O–H groups in total. The minimum Gasteiger partial charge on any atom is -0.357 e. The Bertz CT molecular complexity index is 917. The molecule has 160 valence electrons. The number of hydrogen-bond donors (Lipinski definition) is 2. The first-order chi connectivity index (χ1) is 14.5. The third-order valence-electron chi connectivity index (χ3n) is 4.99. The molecule has 0 spiro atoms. The van der Waals surface area contributed by atoms with Gasteiger partial charge in [0.15, 0.2) is 5.96 Å². The number of imide groups is 1. The highest BCUT2D eigenvalue weighted by Crippen LogP contribution is 2.18. The maximum atomic E-state index is 11.9. The number of guanidine groups is 1. The number of amides is 2. The van der Waals surface area contributed by atoms with Crippen LogP contribution in [0.2, 0.25) is 0 Å². The molecule has 1 aliphatic rings. The molecule has 3 rings (SSSR count). The van der Waals surface area contributed by atoms with Crippen LogP contribution in [0, 0.1) is 13.8 Å². The fourth-order valence-electron chi connectivity index (χ4n) is 3.57. The molecule has 0 unspecified atom stereocenters. The number of piperidine rings is 1. The summed E-state index contributed by atoms with van der Waals surface area (Å²) in [6, 6.07) is 10.1. The minimum absolute atomic E-state index is 0.0891. The lowest BCUT2D eigenvalue weighted by Gasteiger charge is -2.25. The van der Waals surface area contributed by atoms with E-state index in [4.69, 9.17) is 4.99 Å². The number of carbonyl (C=O) groups is 2. The molecular weight excluding hydrogens is 380 g/mol. The van der Waals surface area contributed by atoms with Gasteiger partial charge in [-0.25, -0.2) is 9.67 Å². The van der Waals surface area contributed by atoms with Crippen molar-refractivity contribution in [1.82, 2.24) is 25.3 Å². The number of aryl methyl sites for hydroxylation is 2. The summed E-state index contributed by atoms with van der Waals surface area (Å²) in [6.45, 7) is 8.02. The number of carbonyl (C=O) groups excluding carboxylic acids is 2. The summed E-state index contributed by atoms with van der Waals surface area (Å²) in [5, 5.41) is 11.0. The molecule has 0 saturated carbocycles. The second-order valence-corrected chi connectivity index (χ2v) is 7.38. The zero-order chi connectivity index (χ0) is 21.5. The van der Waals surface area contributed by atoms with E-state index in [9.17, 15) is 9.59 Å². The third-order valence-corrected chi connectivity index (χ3v) is 4.99. The first kappa shape index (κ1) is 21.5. The largest absolute Gasteiger partial charge is 0.357 e. The van der Waals surface area contributed by atoms with E-state index in [1.165, 1.54) is 4.90 Å². The quantitative estimate of drug-likeness (QED) is 0.414. The average molecular weight is 411 g/mol. The molecule has 8 nitrogen and oxygen atoms in total. The van der Waals surface area contributed by atoms with Gasteiger partial charge in [-0.15, -0.1) is 0 Å². The van der Waals surface area contributed by atoms with Crippen molar-refractivity contribution in [3.63, 3.8) is 0 Å². The van der Waals surface area contributed by atoms with E-state index in [-0.39, 0.29) is 11.8 Å². The van der Waals surface area contributed by atoms with Crippen LogP contribution in [-0.4, -0.2) is 52.1 Å². The highest BCUT2D eigenvalue weighted by molar-refractivity contribution is 5.97. The van der Waals surface area contributed by atoms with Gasteiger partial charge in [0.1, 0.15) is 0 Å². The van der Waals surface area contributed by atoms with Gasteiger partial charge in [0.05, 0.1) is 17.9 Å². The molecule has 1 aromatic heterocycles. The summed E-state index contributed by atoms with van der Waals surface area (Å²) in [6.07, 6.45) is 1.55. The lowest BCUT2D eigenvalue weighted by molar-refractivity contribution is -0.147. The molecule has 0 radical (unpaired) electrons. The molecular formula is C22H30N6O2. The van der Waals surface area contributed by atoms with Gasteiger partial charge < -0.3 is 10.6 Å². The Morgan fingerprint density at radius 3 is 2.53 bits per heavy atom. The molecule has 1 fully saturated rings. The number of nitrogens with zero attached hydrogens (tertiary/aromatic N) is 4. The number of para-hydroxylation sites is 1. The van der Waals surface area contributed by atoms with Gasteiger partial charge >= 0.3 is 0 Å². The third kappa shape index (κ3) is 5.25. The van der Waals surface area contributed by atoms with Gasteiger partial charge in [-0.1, -0.05) is 18.2 Å². The van der Waals surface area contributed by atoms with Crippen molar-refractivity contribution < 1.29 is 9.59 Å². The van der Waals surface area contributed by atoms with Crippen molar-refractivity contribution in [1.29, 1.82) is 0 Å². The summed E-state index contributed by atoms with van der Waals surface area (Å²) in [5.41, 5.74) is 4.11. The predicted octanol–water partition coefficient (Wildman–Crippen LogP) is 2.08. The SMILES string of the molecule is CCNC(=NCc1ccccc1-n1nc(C)cc1C)NCCN1C(=O)CCCC1=O. The van der Waals surface area contributed by atoms with Gasteiger partial charge in [-0.3, -0.25) is 14.5 Å². The molecule has 0 bridgehead atoms. The summed E-state index contributed by atoms with van der Waals surface area (Å²) in [4.78, 5) is 29.9. The fourth-order valence-corrected chi connectivity index (χ4v) is 3.57. The molecule has 1 saturated heterocycles. The van der Waals surface area contributed by atoms with E-state index in [0.29, 0.717) is 51.4 Å². The first-order valence-electron chi connectivity index (χ1n) is 10.5. The molecule has 1 aromatic carbocycles. The smallest absolute Gasteiger partial charge is 0.229 e. The summed E-state index contributed by atoms with van der Waals surface area (Å²) in [7, 11) is 0. The number of hydrogen-bond acceptors (Lipinski definition) is 4. The lowest BCUT2D eigenvalue weighted by Crippen LogP contribution is -2.46. The van der Waals surface area contributed by atoms with E-state index in [1.54, 1.807) is 0 Å². The summed E-state index contributed by atoms with van der Waals surface area (Å²) in [5.74, 6) is 0.472. The van der Waals surface area contributed by atoms with Crippen LogP contribution < -0.4 is 10.6 Å². The Morgan fingerprint density at radius 2 is 1.87 bits per heavy atom. The van der Waals surface area contributed by atoms with Gasteiger partial charge in [0, 0.05) is 38.2 Å². The molecule has 0 aliphatic carbocycles. The second kappa shape index (κ2) is 10.0. The molecule has 2 aromatic rings. The standard InChI is InChI=1S/C22H30N6O2/c1-4-23-22(24-12-13-27-20(29)10-7-11-21(27)30)25-15-18-8-5-6-9-19(18)28-17(3)14-16(2)26-28/h5-6,8-9,14H,4,7,10-13,15H2,1-3H3,(H2,23,24,25). The Balaban J connectivity index is 1.67. The predicted molar refractivity (Wildman–Crippen MR) is 116 cm³/mol. The molecule has 30 heavy (non-hydrogen) atoms. The molecule has 1 aliphatic heterocycles. The summed E-state index contributed by atoms with van der Waals surface area (Å²) >= 11 is 0. The van der Waals surface area contributed by atoms with Gasteiger partial charge in [0.2, 0.25) is 11.8 Å². The molecule has 8 heteroatoms. The van der Waals surface area contributed by atoms with Crippen molar-refractivity contribution in [3.05, 3.63) is 47.3 Å². The van der Waals surface area contributed by atoms with Crippen molar-refractivity contribution >= 4 is 17.8 Å².